The molecule has 2 aromatic carbocycles. The summed E-state index contributed by atoms with van der Waals surface area (Å²) in [7, 11) is 0. The number of aromatic nitrogens is 1. The normalized spacial score (nSPS) is 14.3. The first-order valence-electron chi connectivity index (χ1n) is 9.17. The van der Waals surface area contributed by atoms with E-state index in [9.17, 15) is 4.79 Å². The van der Waals surface area contributed by atoms with E-state index in [0.717, 1.165) is 35.9 Å². The Bertz CT molecular complexity index is 884. The molecule has 0 radical (unpaired) electrons. The molecule has 0 spiro atoms. The molecule has 0 saturated carbocycles. The summed E-state index contributed by atoms with van der Waals surface area (Å²) in [5.74, 6) is 0.842. The van der Waals surface area contributed by atoms with Crippen molar-refractivity contribution in [3.63, 3.8) is 0 Å². The summed E-state index contributed by atoms with van der Waals surface area (Å²) < 4.78 is 6.76. The van der Waals surface area contributed by atoms with Gasteiger partial charge in [0.15, 0.2) is 5.13 Å². The number of anilines is 1. The van der Waals surface area contributed by atoms with Gasteiger partial charge in [-0.1, -0.05) is 41.2 Å². The summed E-state index contributed by atoms with van der Waals surface area (Å²) in [6.07, 6.45) is 1.32. The van der Waals surface area contributed by atoms with Crippen LogP contribution in [-0.2, 0) is 9.53 Å². The number of benzene rings is 2. The molecule has 27 heavy (non-hydrogen) atoms. The Kier molecular flexibility index (Phi) is 5.64. The van der Waals surface area contributed by atoms with Gasteiger partial charge in [-0.25, -0.2) is 4.98 Å². The standard InChI is InChI=1S/C21H22N2O2S2/c1-15-8-10-17(11-9-15)26-12-4-7-20(24)25-16-13-23(14-16)21-22-18-5-2-3-6-19(18)27-21/h2-3,5-6,8-11,16H,4,7,12-14H2,1H3. The third-order valence-electron chi connectivity index (χ3n) is 4.51. The van der Waals surface area contributed by atoms with E-state index in [2.05, 4.69) is 47.1 Å². The van der Waals surface area contributed by atoms with E-state index in [1.807, 2.05) is 18.2 Å². The maximum absolute atomic E-state index is 12.0. The lowest BCUT2D eigenvalue weighted by Gasteiger charge is -2.38. The van der Waals surface area contributed by atoms with E-state index in [1.54, 1.807) is 23.1 Å². The average molecular weight is 399 g/mol. The summed E-state index contributed by atoms with van der Waals surface area (Å²) in [5, 5.41) is 1.01. The Labute approximate surface area is 167 Å². The Balaban J connectivity index is 1.15. The van der Waals surface area contributed by atoms with Crippen LogP contribution in [0.4, 0.5) is 5.13 Å². The van der Waals surface area contributed by atoms with Crippen molar-refractivity contribution in [2.24, 2.45) is 0 Å². The molecule has 6 heteroatoms. The Morgan fingerprint density at radius 1 is 1.22 bits per heavy atom. The van der Waals surface area contributed by atoms with Crippen LogP contribution in [0.25, 0.3) is 10.2 Å². The van der Waals surface area contributed by atoms with Gasteiger partial charge >= 0.3 is 5.97 Å². The van der Waals surface area contributed by atoms with Crippen LogP contribution in [0.15, 0.2) is 53.4 Å². The quantitative estimate of drug-likeness (QED) is 0.321. The van der Waals surface area contributed by atoms with Crippen LogP contribution < -0.4 is 4.90 Å². The van der Waals surface area contributed by atoms with Gasteiger partial charge in [-0.15, -0.1) is 11.8 Å². The van der Waals surface area contributed by atoms with Crippen LogP contribution in [0.3, 0.4) is 0 Å². The van der Waals surface area contributed by atoms with Crippen molar-refractivity contribution in [2.45, 2.75) is 30.8 Å². The number of hydrogen-bond acceptors (Lipinski definition) is 6. The Morgan fingerprint density at radius 3 is 2.78 bits per heavy atom. The molecule has 1 aliphatic rings. The molecule has 0 unspecified atom stereocenters. The molecule has 1 saturated heterocycles. The van der Waals surface area contributed by atoms with Crippen molar-refractivity contribution in [1.29, 1.82) is 0 Å². The van der Waals surface area contributed by atoms with Crippen LogP contribution >= 0.6 is 23.1 Å². The lowest BCUT2D eigenvalue weighted by Crippen LogP contribution is -2.53. The van der Waals surface area contributed by atoms with Crippen molar-refractivity contribution >= 4 is 44.4 Å². The number of fused-ring (bicyclic) bond motifs is 1. The maximum Gasteiger partial charge on any atom is 0.306 e. The van der Waals surface area contributed by atoms with Gasteiger partial charge in [-0.3, -0.25) is 4.79 Å². The number of carbonyl (C=O) groups excluding carboxylic acids is 1. The molecule has 2 heterocycles. The van der Waals surface area contributed by atoms with Crippen molar-refractivity contribution in [2.75, 3.05) is 23.7 Å². The minimum Gasteiger partial charge on any atom is -0.459 e. The molecule has 0 aliphatic carbocycles. The average Bonchev–Trinajstić information content (AvgIpc) is 3.06. The number of ether oxygens (including phenoxy) is 1. The molecule has 1 aliphatic heterocycles. The predicted octanol–water partition coefficient (Wildman–Crippen LogP) is 4.91. The number of nitrogens with zero attached hydrogens (tertiary/aromatic N) is 2. The molecule has 1 fully saturated rings. The minimum absolute atomic E-state index is 0.00531. The first kappa shape index (κ1) is 18.3. The first-order chi connectivity index (χ1) is 13.2. The summed E-state index contributed by atoms with van der Waals surface area (Å²) in [4.78, 5) is 20.1. The summed E-state index contributed by atoms with van der Waals surface area (Å²) in [6.45, 7) is 3.57. The number of carbonyl (C=O) groups is 1. The molecule has 0 amide bonds. The molecule has 1 aromatic heterocycles. The first-order valence-corrected chi connectivity index (χ1v) is 11.0. The highest BCUT2D eigenvalue weighted by Crippen LogP contribution is 2.31. The highest BCUT2D eigenvalue weighted by molar-refractivity contribution is 7.99. The zero-order chi connectivity index (χ0) is 18.6. The van der Waals surface area contributed by atoms with E-state index in [1.165, 1.54) is 15.2 Å². The number of esters is 1. The number of hydrogen-bond donors (Lipinski definition) is 0. The monoisotopic (exact) mass is 398 g/mol. The van der Waals surface area contributed by atoms with Crippen molar-refractivity contribution < 1.29 is 9.53 Å². The van der Waals surface area contributed by atoms with E-state index in [4.69, 9.17) is 4.74 Å². The summed E-state index contributed by atoms with van der Waals surface area (Å²) >= 11 is 3.48. The zero-order valence-electron chi connectivity index (χ0n) is 15.3. The van der Waals surface area contributed by atoms with E-state index < -0.39 is 0 Å². The Morgan fingerprint density at radius 2 is 2.00 bits per heavy atom. The van der Waals surface area contributed by atoms with Gasteiger partial charge in [0.25, 0.3) is 0 Å². The smallest absolute Gasteiger partial charge is 0.306 e. The fourth-order valence-corrected chi connectivity index (χ4v) is 4.79. The van der Waals surface area contributed by atoms with Gasteiger partial charge in [0.05, 0.1) is 23.3 Å². The van der Waals surface area contributed by atoms with Crippen molar-refractivity contribution in [3.8, 4) is 0 Å². The van der Waals surface area contributed by atoms with Crippen LogP contribution in [0.5, 0.6) is 0 Å². The van der Waals surface area contributed by atoms with Crippen LogP contribution in [-0.4, -0.2) is 35.9 Å². The third-order valence-corrected chi connectivity index (χ3v) is 6.71. The predicted molar refractivity (Wildman–Crippen MR) is 113 cm³/mol. The lowest BCUT2D eigenvalue weighted by molar-refractivity contribution is -0.150. The fraction of sp³-hybridized carbons (Fsp3) is 0.333. The van der Waals surface area contributed by atoms with Crippen LogP contribution in [0, 0.1) is 6.92 Å². The topological polar surface area (TPSA) is 42.4 Å². The lowest BCUT2D eigenvalue weighted by atomic mass is 10.2. The summed E-state index contributed by atoms with van der Waals surface area (Å²) in [6, 6.07) is 16.6. The molecular weight excluding hydrogens is 376 g/mol. The second kappa shape index (κ2) is 8.31. The molecule has 0 atom stereocenters. The van der Waals surface area contributed by atoms with Gasteiger partial charge in [0.1, 0.15) is 6.10 Å². The van der Waals surface area contributed by atoms with Gasteiger partial charge < -0.3 is 9.64 Å². The van der Waals surface area contributed by atoms with Gasteiger partial charge in [0, 0.05) is 11.3 Å². The third kappa shape index (κ3) is 4.62. The van der Waals surface area contributed by atoms with Crippen LogP contribution in [0.1, 0.15) is 18.4 Å². The highest BCUT2D eigenvalue weighted by atomic mass is 32.2. The number of para-hydroxylation sites is 1. The molecule has 4 nitrogen and oxygen atoms in total. The SMILES string of the molecule is Cc1ccc(SCCCC(=O)OC2CN(c3nc4ccccc4s3)C2)cc1. The molecular formula is C21H22N2O2S2. The van der Waals surface area contributed by atoms with E-state index in [-0.39, 0.29) is 12.1 Å². The number of aryl methyl sites for hydroxylation is 1. The Hall–Kier alpha value is -2.05. The van der Waals surface area contributed by atoms with E-state index >= 15 is 0 Å². The van der Waals surface area contributed by atoms with Crippen LogP contribution in [0.2, 0.25) is 0 Å². The second-order valence-electron chi connectivity index (χ2n) is 6.75. The summed E-state index contributed by atoms with van der Waals surface area (Å²) in [5.41, 5.74) is 2.30. The maximum atomic E-state index is 12.0. The van der Waals surface area contributed by atoms with Crippen molar-refractivity contribution in [1.82, 2.24) is 4.98 Å². The molecule has 3 aromatic rings. The van der Waals surface area contributed by atoms with Crippen molar-refractivity contribution in [3.05, 3.63) is 54.1 Å². The number of thiazole rings is 1. The second-order valence-corrected chi connectivity index (χ2v) is 8.92. The molecule has 0 bridgehead atoms. The van der Waals surface area contributed by atoms with E-state index in [0.29, 0.717) is 6.42 Å². The molecule has 0 N–H and O–H groups in total. The minimum atomic E-state index is -0.0894. The fourth-order valence-electron chi connectivity index (χ4n) is 2.95. The number of thioether (sulfide) groups is 1. The number of rotatable bonds is 7. The van der Waals surface area contributed by atoms with Gasteiger partial charge in [-0.05, 0) is 43.4 Å². The molecule has 4 rings (SSSR count). The highest BCUT2D eigenvalue weighted by Gasteiger charge is 2.31. The van der Waals surface area contributed by atoms with Gasteiger partial charge in [-0.2, -0.15) is 0 Å². The largest absolute Gasteiger partial charge is 0.459 e. The molecule has 140 valence electrons. The van der Waals surface area contributed by atoms with Gasteiger partial charge in [0.2, 0.25) is 0 Å². The zero-order valence-corrected chi connectivity index (χ0v) is 16.9.